The topological polar surface area (TPSA) is 72.3 Å². The molecule has 0 aromatic rings. The number of nitrogens with two attached hydrogens (primary N) is 2. The highest BCUT2D eigenvalue weighted by Crippen LogP contribution is 2.02. The van der Waals surface area contributed by atoms with Gasteiger partial charge >= 0.3 is 0 Å². The van der Waals surface area contributed by atoms with Crippen molar-refractivity contribution in [3.8, 4) is 0 Å². The Morgan fingerprint density at radius 2 is 2.10 bits per heavy atom. The molecular formula is C7H16N2O. The van der Waals surface area contributed by atoms with E-state index in [1.807, 2.05) is 0 Å². The highest BCUT2D eigenvalue weighted by molar-refractivity contribution is 4.91. The van der Waals surface area contributed by atoms with Crippen LogP contribution in [-0.4, -0.2) is 17.7 Å². The van der Waals surface area contributed by atoms with Gasteiger partial charge in [-0.15, -0.1) is 0 Å². The molecule has 0 saturated heterocycles. The minimum Gasteiger partial charge on any atom is -0.511 e. The second-order valence-corrected chi connectivity index (χ2v) is 2.38. The van der Waals surface area contributed by atoms with Crippen LogP contribution in [0.1, 0.15) is 19.3 Å². The molecule has 0 heterocycles. The van der Waals surface area contributed by atoms with E-state index in [1.54, 1.807) is 0 Å². The fourth-order valence-corrected chi connectivity index (χ4v) is 0.675. The summed E-state index contributed by atoms with van der Waals surface area (Å²) >= 11 is 0. The van der Waals surface area contributed by atoms with Gasteiger partial charge in [0.05, 0.1) is 6.04 Å². The monoisotopic (exact) mass is 144 g/mol. The Hall–Kier alpha value is -0.540. The third kappa shape index (κ3) is 4.35. The first-order valence-corrected chi connectivity index (χ1v) is 3.52. The summed E-state index contributed by atoms with van der Waals surface area (Å²) in [6.07, 6.45) is 2.69. The molecule has 0 rings (SSSR count). The third-order valence-corrected chi connectivity index (χ3v) is 1.40. The van der Waals surface area contributed by atoms with Crippen molar-refractivity contribution >= 4 is 0 Å². The first-order chi connectivity index (χ1) is 4.68. The van der Waals surface area contributed by atoms with Crippen molar-refractivity contribution in [2.75, 3.05) is 6.54 Å². The minimum absolute atomic E-state index is 0.0667. The molecule has 60 valence electrons. The molecule has 0 saturated carbocycles. The van der Waals surface area contributed by atoms with Gasteiger partial charge in [0, 0.05) is 0 Å². The van der Waals surface area contributed by atoms with Gasteiger partial charge in [-0.05, 0) is 19.4 Å². The van der Waals surface area contributed by atoms with Gasteiger partial charge in [-0.3, -0.25) is 0 Å². The molecule has 0 aromatic carbocycles. The lowest BCUT2D eigenvalue weighted by molar-refractivity contribution is 0.358. The van der Waals surface area contributed by atoms with Gasteiger partial charge in [-0.1, -0.05) is 13.0 Å². The summed E-state index contributed by atoms with van der Waals surface area (Å²) in [5, 5.41) is 8.77. The zero-order chi connectivity index (χ0) is 7.98. The second kappa shape index (κ2) is 5.26. The molecule has 0 aliphatic heterocycles. The van der Waals surface area contributed by atoms with E-state index in [0.717, 1.165) is 19.3 Å². The maximum absolute atomic E-state index is 8.77. The molecule has 0 fully saturated rings. The lowest BCUT2D eigenvalue weighted by Gasteiger charge is -2.07. The number of aliphatic hydroxyl groups is 1. The minimum atomic E-state index is -0.272. The van der Waals surface area contributed by atoms with Gasteiger partial charge in [0.15, 0.2) is 0 Å². The van der Waals surface area contributed by atoms with E-state index >= 15 is 0 Å². The highest BCUT2D eigenvalue weighted by atomic mass is 16.3. The van der Waals surface area contributed by atoms with Gasteiger partial charge in [0.1, 0.15) is 5.76 Å². The van der Waals surface area contributed by atoms with Crippen LogP contribution in [0.2, 0.25) is 0 Å². The molecule has 0 aliphatic rings. The van der Waals surface area contributed by atoms with Crippen LogP contribution < -0.4 is 11.5 Å². The zero-order valence-corrected chi connectivity index (χ0v) is 6.21. The van der Waals surface area contributed by atoms with Crippen molar-refractivity contribution in [3.63, 3.8) is 0 Å². The first kappa shape index (κ1) is 9.46. The van der Waals surface area contributed by atoms with Crippen molar-refractivity contribution in [1.82, 2.24) is 0 Å². The lowest BCUT2D eigenvalue weighted by atomic mass is 10.1. The summed E-state index contributed by atoms with van der Waals surface area (Å²) in [4.78, 5) is 0. The van der Waals surface area contributed by atoms with Crippen LogP contribution in [0.25, 0.3) is 0 Å². The number of hydrogen-bond acceptors (Lipinski definition) is 3. The molecule has 0 radical (unpaired) electrons. The van der Waals surface area contributed by atoms with Crippen LogP contribution in [0.3, 0.4) is 0 Å². The number of unbranched alkanes of at least 4 members (excludes halogenated alkanes) is 1. The summed E-state index contributed by atoms with van der Waals surface area (Å²) in [5.41, 5.74) is 10.7. The van der Waals surface area contributed by atoms with E-state index < -0.39 is 0 Å². The van der Waals surface area contributed by atoms with Gasteiger partial charge in [-0.2, -0.15) is 0 Å². The van der Waals surface area contributed by atoms with E-state index in [4.69, 9.17) is 16.6 Å². The number of aliphatic hydroxyl groups excluding tert-OH is 1. The normalized spacial score (nSPS) is 13.0. The SMILES string of the molecule is C=C(O)[C@@H](N)CCCCN. The van der Waals surface area contributed by atoms with E-state index in [0.29, 0.717) is 6.54 Å². The molecule has 0 aliphatic carbocycles. The molecule has 5 N–H and O–H groups in total. The van der Waals surface area contributed by atoms with Crippen molar-refractivity contribution in [3.05, 3.63) is 12.3 Å². The average Bonchev–Trinajstić information content (AvgIpc) is 1.88. The Morgan fingerprint density at radius 1 is 1.50 bits per heavy atom. The fraction of sp³-hybridized carbons (Fsp3) is 0.714. The summed E-state index contributed by atoms with van der Waals surface area (Å²) in [5.74, 6) is 0.0667. The molecule has 3 nitrogen and oxygen atoms in total. The zero-order valence-electron chi connectivity index (χ0n) is 6.21. The molecule has 0 spiro atoms. The van der Waals surface area contributed by atoms with E-state index in [2.05, 4.69) is 6.58 Å². The highest BCUT2D eigenvalue weighted by Gasteiger charge is 2.03. The van der Waals surface area contributed by atoms with Crippen molar-refractivity contribution < 1.29 is 5.11 Å². The van der Waals surface area contributed by atoms with Crippen LogP contribution in [0.5, 0.6) is 0 Å². The van der Waals surface area contributed by atoms with E-state index in [1.165, 1.54) is 0 Å². The summed E-state index contributed by atoms with van der Waals surface area (Å²) in [6.45, 7) is 4.02. The summed E-state index contributed by atoms with van der Waals surface area (Å²) in [6, 6.07) is -0.272. The van der Waals surface area contributed by atoms with Crippen LogP contribution in [0.4, 0.5) is 0 Å². The van der Waals surface area contributed by atoms with Crippen LogP contribution in [0, 0.1) is 0 Å². The van der Waals surface area contributed by atoms with Crippen LogP contribution >= 0.6 is 0 Å². The maximum Gasteiger partial charge on any atom is 0.102 e. The molecular weight excluding hydrogens is 128 g/mol. The van der Waals surface area contributed by atoms with Crippen LogP contribution in [-0.2, 0) is 0 Å². The Bertz CT molecular complexity index is 104. The average molecular weight is 144 g/mol. The third-order valence-electron chi connectivity index (χ3n) is 1.40. The summed E-state index contributed by atoms with van der Waals surface area (Å²) < 4.78 is 0. The van der Waals surface area contributed by atoms with E-state index in [-0.39, 0.29) is 11.8 Å². The molecule has 0 aromatic heterocycles. The Labute approximate surface area is 61.7 Å². The molecule has 0 unspecified atom stereocenters. The first-order valence-electron chi connectivity index (χ1n) is 3.52. The fourth-order valence-electron chi connectivity index (χ4n) is 0.675. The maximum atomic E-state index is 8.77. The van der Waals surface area contributed by atoms with Crippen molar-refractivity contribution in [2.45, 2.75) is 25.3 Å². The lowest BCUT2D eigenvalue weighted by Crippen LogP contribution is -2.21. The van der Waals surface area contributed by atoms with Gasteiger partial charge in [-0.25, -0.2) is 0 Å². The molecule has 0 amide bonds. The van der Waals surface area contributed by atoms with Crippen LogP contribution in [0.15, 0.2) is 12.3 Å². The smallest absolute Gasteiger partial charge is 0.102 e. The molecule has 3 heteroatoms. The largest absolute Gasteiger partial charge is 0.511 e. The second-order valence-electron chi connectivity index (χ2n) is 2.38. The molecule has 0 bridgehead atoms. The quantitative estimate of drug-likeness (QED) is 0.389. The van der Waals surface area contributed by atoms with Crippen molar-refractivity contribution in [2.24, 2.45) is 11.5 Å². The number of rotatable bonds is 5. The predicted octanol–water partition coefficient (Wildman–Crippen LogP) is 0.514. The summed E-state index contributed by atoms with van der Waals surface area (Å²) in [7, 11) is 0. The van der Waals surface area contributed by atoms with Gasteiger partial charge in [0.25, 0.3) is 0 Å². The molecule has 10 heavy (non-hydrogen) atoms. The predicted molar refractivity (Wildman–Crippen MR) is 42.6 cm³/mol. The number of hydrogen-bond donors (Lipinski definition) is 3. The standard InChI is InChI=1S/C7H16N2O/c1-6(10)7(9)4-2-3-5-8/h7,10H,1-5,8-9H2/t7-/m0/s1. The Balaban J connectivity index is 3.21. The van der Waals surface area contributed by atoms with Crippen molar-refractivity contribution in [1.29, 1.82) is 0 Å². The van der Waals surface area contributed by atoms with E-state index in [9.17, 15) is 0 Å². The van der Waals surface area contributed by atoms with Gasteiger partial charge in [0.2, 0.25) is 0 Å². The Morgan fingerprint density at radius 3 is 2.50 bits per heavy atom. The van der Waals surface area contributed by atoms with Gasteiger partial charge < -0.3 is 16.6 Å². The Kier molecular flexibility index (Phi) is 4.98. The molecule has 1 atom stereocenters.